The van der Waals surface area contributed by atoms with E-state index in [1.807, 2.05) is 0 Å². The zero-order chi connectivity index (χ0) is 17.1. The molecule has 22 heavy (non-hydrogen) atoms. The number of ether oxygens (including phenoxy) is 2. The minimum atomic E-state index is -1.77. The molecule has 0 aliphatic carbocycles. The second-order valence-corrected chi connectivity index (χ2v) is 5.91. The number of carbonyl (C=O) groups excluding carboxylic acids is 2. The summed E-state index contributed by atoms with van der Waals surface area (Å²) in [6, 6.07) is 1.54. The Labute approximate surface area is 127 Å². The highest BCUT2D eigenvalue weighted by atomic mass is 19.1. The Morgan fingerprint density at radius 3 is 2.27 bits per heavy atom. The predicted molar refractivity (Wildman–Crippen MR) is 75.7 cm³/mol. The van der Waals surface area contributed by atoms with Gasteiger partial charge in [0.25, 0.3) is 0 Å². The maximum Gasteiger partial charge on any atom is 0.408 e. The van der Waals surface area contributed by atoms with Gasteiger partial charge in [0, 0.05) is 12.1 Å². The fourth-order valence-electron chi connectivity index (χ4n) is 1.88. The van der Waals surface area contributed by atoms with Crippen LogP contribution in [0.15, 0.2) is 12.1 Å². The molecule has 1 aromatic rings. The molecular formula is C15H19F2NO4. The number of alkyl carbamates (subject to hydrolysis) is 1. The van der Waals surface area contributed by atoms with E-state index >= 15 is 0 Å². The number of amides is 1. The Balaban J connectivity index is 3.24. The molecule has 0 aliphatic rings. The van der Waals surface area contributed by atoms with Crippen molar-refractivity contribution in [3.63, 3.8) is 0 Å². The van der Waals surface area contributed by atoms with Crippen molar-refractivity contribution in [3.8, 4) is 5.75 Å². The molecule has 1 amide bonds. The average Bonchev–Trinajstić information content (AvgIpc) is 2.34. The van der Waals surface area contributed by atoms with Crippen molar-refractivity contribution < 1.29 is 27.8 Å². The highest BCUT2D eigenvalue weighted by Crippen LogP contribution is 2.32. The fraction of sp³-hybridized carbons (Fsp3) is 0.467. The second-order valence-electron chi connectivity index (χ2n) is 5.91. The third-order valence-corrected chi connectivity index (χ3v) is 2.75. The quantitative estimate of drug-likeness (QED) is 0.868. The van der Waals surface area contributed by atoms with Crippen LogP contribution >= 0.6 is 0 Å². The summed E-state index contributed by atoms with van der Waals surface area (Å²) >= 11 is 0. The van der Waals surface area contributed by atoms with E-state index < -0.39 is 28.9 Å². The first-order chi connectivity index (χ1) is 10.0. The van der Waals surface area contributed by atoms with Crippen LogP contribution in [0.3, 0.4) is 0 Å². The first kappa shape index (κ1) is 17.9. The highest BCUT2D eigenvalue weighted by molar-refractivity contribution is 5.79. The van der Waals surface area contributed by atoms with Gasteiger partial charge in [-0.25, -0.2) is 13.6 Å². The van der Waals surface area contributed by atoms with Crippen molar-refractivity contribution in [2.45, 2.75) is 38.8 Å². The zero-order valence-electron chi connectivity index (χ0n) is 13.1. The summed E-state index contributed by atoms with van der Waals surface area (Å²) in [5.74, 6) is -2.06. The van der Waals surface area contributed by atoms with Gasteiger partial charge < -0.3 is 19.6 Å². The van der Waals surface area contributed by atoms with Crippen molar-refractivity contribution in [2.75, 3.05) is 7.11 Å². The minimum Gasteiger partial charge on any atom is -0.496 e. The van der Waals surface area contributed by atoms with Gasteiger partial charge in [0.1, 0.15) is 34.8 Å². The van der Waals surface area contributed by atoms with Crippen LogP contribution in [0.5, 0.6) is 5.75 Å². The number of carbonyl (C=O) groups is 2. The highest BCUT2D eigenvalue weighted by Gasteiger charge is 2.36. The van der Waals surface area contributed by atoms with Gasteiger partial charge in [-0.05, 0) is 27.7 Å². The molecule has 7 heteroatoms. The number of hydrogen-bond acceptors (Lipinski definition) is 4. The molecule has 0 radical (unpaired) electrons. The number of aldehydes is 1. The fourth-order valence-corrected chi connectivity index (χ4v) is 1.88. The van der Waals surface area contributed by atoms with E-state index in [0.717, 1.165) is 6.07 Å². The van der Waals surface area contributed by atoms with Crippen molar-refractivity contribution >= 4 is 12.4 Å². The van der Waals surface area contributed by atoms with Crippen molar-refractivity contribution in [1.82, 2.24) is 5.32 Å². The molecule has 1 rings (SSSR count). The van der Waals surface area contributed by atoms with Crippen LogP contribution in [-0.2, 0) is 15.1 Å². The van der Waals surface area contributed by atoms with Crippen LogP contribution in [0.1, 0.15) is 33.3 Å². The Kier molecular flexibility index (Phi) is 5.11. The lowest BCUT2D eigenvalue weighted by Crippen LogP contribution is -2.47. The van der Waals surface area contributed by atoms with E-state index in [1.54, 1.807) is 20.8 Å². The van der Waals surface area contributed by atoms with Gasteiger partial charge in [0.05, 0.1) is 12.7 Å². The molecule has 1 aromatic carbocycles. The predicted octanol–water partition coefficient (Wildman–Crippen LogP) is 2.91. The van der Waals surface area contributed by atoms with E-state index in [9.17, 15) is 18.4 Å². The van der Waals surface area contributed by atoms with Crippen LogP contribution in [0.4, 0.5) is 13.6 Å². The van der Waals surface area contributed by atoms with Crippen LogP contribution in [0, 0.1) is 11.6 Å². The number of nitrogens with one attached hydrogen (secondary N) is 1. The lowest BCUT2D eigenvalue weighted by Gasteiger charge is -2.29. The summed E-state index contributed by atoms with van der Waals surface area (Å²) in [6.07, 6.45) is -0.580. The number of hydrogen-bond donors (Lipinski definition) is 1. The molecule has 1 N–H and O–H groups in total. The van der Waals surface area contributed by atoms with Gasteiger partial charge in [0.15, 0.2) is 0 Å². The van der Waals surface area contributed by atoms with Crippen molar-refractivity contribution in [3.05, 3.63) is 29.3 Å². The molecule has 122 valence electrons. The maximum absolute atomic E-state index is 14.1. The summed E-state index contributed by atoms with van der Waals surface area (Å²) in [6.45, 7) is 6.19. The van der Waals surface area contributed by atoms with Gasteiger partial charge in [0.2, 0.25) is 0 Å². The molecule has 0 aromatic heterocycles. The Bertz CT molecular complexity index is 584. The lowest BCUT2D eigenvalue weighted by molar-refractivity contribution is -0.113. The normalized spacial score (nSPS) is 14.0. The molecule has 0 aliphatic heterocycles. The molecule has 0 heterocycles. The zero-order valence-corrected chi connectivity index (χ0v) is 13.1. The smallest absolute Gasteiger partial charge is 0.408 e. The lowest BCUT2D eigenvalue weighted by atomic mass is 9.92. The van der Waals surface area contributed by atoms with Gasteiger partial charge in [-0.1, -0.05) is 0 Å². The molecule has 1 atom stereocenters. The van der Waals surface area contributed by atoms with E-state index in [1.165, 1.54) is 14.0 Å². The van der Waals surface area contributed by atoms with Crippen LogP contribution in [-0.4, -0.2) is 25.1 Å². The number of rotatable bonds is 4. The van der Waals surface area contributed by atoms with Gasteiger partial charge in [-0.2, -0.15) is 0 Å². The number of methoxy groups -OCH3 is 1. The first-order valence-electron chi connectivity index (χ1n) is 6.53. The van der Waals surface area contributed by atoms with E-state index in [-0.39, 0.29) is 11.3 Å². The molecule has 1 unspecified atom stereocenters. The number of benzene rings is 1. The van der Waals surface area contributed by atoms with Crippen molar-refractivity contribution in [2.24, 2.45) is 0 Å². The van der Waals surface area contributed by atoms with Gasteiger partial charge in [-0.15, -0.1) is 0 Å². The second kappa shape index (κ2) is 6.29. The molecule has 0 saturated carbocycles. The largest absolute Gasteiger partial charge is 0.496 e. The maximum atomic E-state index is 14.1. The molecule has 0 fully saturated rings. The van der Waals surface area contributed by atoms with Gasteiger partial charge >= 0.3 is 6.09 Å². The van der Waals surface area contributed by atoms with Crippen molar-refractivity contribution in [1.29, 1.82) is 0 Å². The molecule has 0 saturated heterocycles. The van der Waals surface area contributed by atoms with E-state index in [4.69, 9.17) is 9.47 Å². The Hall–Kier alpha value is -2.18. The Morgan fingerprint density at radius 1 is 1.23 bits per heavy atom. The standard InChI is InChI=1S/C15H19F2NO4/c1-14(2,3)22-13(20)18-15(4,8-19)12-10(17)6-9(16)7-11(12)21-5/h6-8H,1-5H3,(H,18,20). The molecule has 5 nitrogen and oxygen atoms in total. The summed E-state index contributed by atoms with van der Waals surface area (Å²) in [4.78, 5) is 23.3. The first-order valence-corrected chi connectivity index (χ1v) is 6.53. The third kappa shape index (κ3) is 4.16. The van der Waals surface area contributed by atoms with E-state index in [2.05, 4.69) is 5.32 Å². The monoisotopic (exact) mass is 315 g/mol. The number of halogens is 2. The average molecular weight is 315 g/mol. The summed E-state index contributed by atoms with van der Waals surface area (Å²) in [5, 5.41) is 2.28. The summed E-state index contributed by atoms with van der Waals surface area (Å²) in [5.41, 5.74) is -2.85. The summed E-state index contributed by atoms with van der Waals surface area (Å²) in [7, 11) is 1.20. The summed E-state index contributed by atoms with van der Waals surface area (Å²) < 4.78 is 37.3. The minimum absolute atomic E-state index is 0.192. The molecule has 0 bridgehead atoms. The molecule has 0 spiro atoms. The Morgan fingerprint density at radius 2 is 1.82 bits per heavy atom. The SMILES string of the molecule is COc1cc(F)cc(F)c1C(C)(C=O)NC(=O)OC(C)(C)C. The topological polar surface area (TPSA) is 64.6 Å². The van der Waals surface area contributed by atoms with E-state index in [0.29, 0.717) is 12.4 Å². The van der Waals surface area contributed by atoms with Crippen LogP contribution in [0.25, 0.3) is 0 Å². The van der Waals surface area contributed by atoms with Crippen LogP contribution in [0.2, 0.25) is 0 Å². The third-order valence-electron chi connectivity index (χ3n) is 2.75. The van der Waals surface area contributed by atoms with Gasteiger partial charge in [-0.3, -0.25) is 0 Å². The van der Waals surface area contributed by atoms with Crippen LogP contribution < -0.4 is 10.1 Å². The molecular weight excluding hydrogens is 296 g/mol.